The standard InChI is InChI=1S/C20H29N7O2/c1-3-5-6-14-12-19(26-10-9-16(13-26)22-4-2)25-20(23-14)24-15-7-8-17(21)18(11-15)27(28)29/h7-8,11-12,16,22H,3-6,9-10,13,21H2,1-2H3,(H,23,24,25)/t16-/m0/s1. The zero-order valence-electron chi connectivity index (χ0n) is 17.0. The van der Waals surface area contributed by atoms with Crippen molar-refractivity contribution in [3.05, 3.63) is 40.1 Å². The molecule has 29 heavy (non-hydrogen) atoms. The van der Waals surface area contributed by atoms with Crippen molar-refractivity contribution in [1.29, 1.82) is 0 Å². The van der Waals surface area contributed by atoms with Crippen molar-refractivity contribution in [2.24, 2.45) is 0 Å². The number of hydrogen-bond donors (Lipinski definition) is 3. The highest BCUT2D eigenvalue weighted by Crippen LogP contribution is 2.28. The Morgan fingerprint density at radius 1 is 1.31 bits per heavy atom. The molecule has 0 aliphatic carbocycles. The van der Waals surface area contributed by atoms with Crippen molar-refractivity contribution in [1.82, 2.24) is 15.3 Å². The number of hydrogen-bond acceptors (Lipinski definition) is 8. The molecule has 0 bridgehead atoms. The summed E-state index contributed by atoms with van der Waals surface area (Å²) in [6.45, 7) is 7.06. The number of nitro groups is 1. The second-order valence-electron chi connectivity index (χ2n) is 7.29. The van der Waals surface area contributed by atoms with Gasteiger partial charge in [-0.15, -0.1) is 0 Å². The fourth-order valence-electron chi connectivity index (χ4n) is 3.52. The van der Waals surface area contributed by atoms with E-state index in [0.29, 0.717) is 17.7 Å². The number of aromatic nitrogens is 2. The molecule has 1 aromatic carbocycles. The van der Waals surface area contributed by atoms with E-state index in [-0.39, 0.29) is 11.4 Å². The lowest BCUT2D eigenvalue weighted by molar-refractivity contribution is -0.383. The molecule has 1 atom stereocenters. The topological polar surface area (TPSA) is 122 Å². The molecule has 1 aliphatic heterocycles. The van der Waals surface area contributed by atoms with Gasteiger partial charge in [-0.05, 0) is 37.9 Å². The SMILES string of the molecule is CCCCc1cc(N2CC[C@H](NCC)C2)nc(Nc2ccc(N)c([N+](=O)[O-])c2)n1. The largest absolute Gasteiger partial charge is 0.393 e. The van der Waals surface area contributed by atoms with Crippen LogP contribution in [0.1, 0.15) is 38.8 Å². The van der Waals surface area contributed by atoms with Gasteiger partial charge in [-0.2, -0.15) is 4.98 Å². The molecule has 1 fully saturated rings. The Bertz CT molecular complexity index is 859. The van der Waals surface area contributed by atoms with E-state index in [1.165, 1.54) is 12.1 Å². The van der Waals surface area contributed by atoms with Crippen molar-refractivity contribution in [3.8, 4) is 0 Å². The molecule has 0 amide bonds. The predicted molar refractivity (Wildman–Crippen MR) is 116 cm³/mol. The molecule has 0 unspecified atom stereocenters. The second-order valence-corrected chi connectivity index (χ2v) is 7.29. The van der Waals surface area contributed by atoms with Gasteiger partial charge >= 0.3 is 0 Å². The number of nitro benzene ring substituents is 1. The minimum absolute atomic E-state index is 0.130. The van der Waals surface area contributed by atoms with E-state index in [1.54, 1.807) is 6.07 Å². The van der Waals surface area contributed by atoms with Gasteiger partial charge in [0, 0.05) is 42.6 Å². The summed E-state index contributed by atoms with van der Waals surface area (Å²) >= 11 is 0. The van der Waals surface area contributed by atoms with Crippen LogP contribution in [0.3, 0.4) is 0 Å². The first-order valence-electron chi connectivity index (χ1n) is 10.2. The highest BCUT2D eigenvalue weighted by molar-refractivity contribution is 5.68. The van der Waals surface area contributed by atoms with Gasteiger partial charge in [-0.3, -0.25) is 10.1 Å². The van der Waals surface area contributed by atoms with Crippen LogP contribution in [0.4, 0.5) is 28.8 Å². The molecule has 0 saturated carbocycles. The van der Waals surface area contributed by atoms with Gasteiger partial charge in [0.1, 0.15) is 11.5 Å². The normalized spacial score (nSPS) is 16.2. The third-order valence-electron chi connectivity index (χ3n) is 5.04. The maximum absolute atomic E-state index is 11.2. The van der Waals surface area contributed by atoms with Crippen LogP contribution in [-0.4, -0.2) is 40.6 Å². The van der Waals surface area contributed by atoms with Crippen molar-refractivity contribution >= 4 is 28.8 Å². The molecule has 2 aromatic rings. The summed E-state index contributed by atoms with van der Waals surface area (Å²) < 4.78 is 0. The molecule has 2 heterocycles. The lowest BCUT2D eigenvalue weighted by Gasteiger charge is -2.19. The third kappa shape index (κ3) is 5.32. The summed E-state index contributed by atoms with van der Waals surface area (Å²) in [7, 11) is 0. The average Bonchev–Trinajstić information content (AvgIpc) is 3.16. The van der Waals surface area contributed by atoms with E-state index in [4.69, 9.17) is 5.73 Å². The number of aryl methyl sites for hydroxylation is 1. The summed E-state index contributed by atoms with van der Waals surface area (Å²) in [5.74, 6) is 1.33. The summed E-state index contributed by atoms with van der Waals surface area (Å²) in [4.78, 5) is 22.2. The highest BCUT2D eigenvalue weighted by Gasteiger charge is 2.23. The van der Waals surface area contributed by atoms with Crippen molar-refractivity contribution in [2.75, 3.05) is 35.6 Å². The van der Waals surface area contributed by atoms with Crippen LogP contribution in [-0.2, 0) is 6.42 Å². The monoisotopic (exact) mass is 399 g/mol. The van der Waals surface area contributed by atoms with Crippen LogP contribution < -0.4 is 21.3 Å². The second kappa shape index (κ2) is 9.51. The van der Waals surface area contributed by atoms with Gasteiger partial charge < -0.3 is 21.3 Å². The zero-order valence-corrected chi connectivity index (χ0v) is 17.0. The lowest BCUT2D eigenvalue weighted by atomic mass is 10.2. The van der Waals surface area contributed by atoms with Crippen molar-refractivity contribution in [2.45, 2.75) is 45.6 Å². The molecule has 0 spiro atoms. The minimum atomic E-state index is -0.491. The lowest BCUT2D eigenvalue weighted by Crippen LogP contribution is -2.32. The van der Waals surface area contributed by atoms with E-state index >= 15 is 0 Å². The summed E-state index contributed by atoms with van der Waals surface area (Å²) in [6.07, 6.45) is 4.07. The Morgan fingerprint density at radius 2 is 2.14 bits per heavy atom. The summed E-state index contributed by atoms with van der Waals surface area (Å²) in [5, 5.41) is 17.8. The maximum atomic E-state index is 11.2. The molecule has 4 N–H and O–H groups in total. The third-order valence-corrected chi connectivity index (χ3v) is 5.04. The number of benzene rings is 1. The smallest absolute Gasteiger partial charge is 0.294 e. The number of rotatable bonds is 9. The van der Waals surface area contributed by atoms with E-state index in [0.717, 1.165) is 56.8 Å². The maximum Gasteiger partial charge on any atom is 0.294 e. The molecular formula is C20H29N7O2. The van der Waals surface area contributed by atoms with Crippen LogP contribution in [0.25, 0.3) is 0 Å². The number of nitrogen functional groups attached to an aromatic ring is 1. The molecule has 9 nitrogen and oxygen atoms in total. The van der Waals surface area contributed by atoms with Crippen LogP contribution in [0.5, 0.6) is 0 Å². The number of nitrogens with one attached hydrogen (secondary N) is 2. The van der Waals surface area contributed by atoms with Crippen molar-refractivity contribution < 1.29 is 4.92 Å². The summed E-state index contributed by atoms with van der Waals surface area (Å²) in [6, 6.07) is 7.14. The van der Waals surface area contributed by atoms with Crippen molar-refractivity contribution in [3.63, 3.8) is 0 Å². The highest BCUT2D eigenvalue weighted by atomic mass is 16.6. The fraction of sp³-hybridized carbons (Fsp3) is 0.500. The Morgan fingerprint density at radius 3 is 2.86 bits per heavy atom. The average molecular weight is 399 g/mol. The summed E-state index contributed by atoms with van der Waals surface area (Å²) in [5.41, 5.74) is 7.20. The van der Waals surface area contributed by atoms with E-state index in [9.17, 15) is 10.1 Å². The van der Waals surface area contributed by atoms with E-state index < -0.39 is 4.92 Å². The molecule has 156 valence electrons. The number of likely N-dealkylation sites (N-methyl/N-ethyl adjacent to an activating group) is 1. The van der Waals surface area contributed by atoms with E-state index in [2.05, 4.69) is 45.4 Å². The zero-order chi connectivity index (χ0) is 20.8. The predicted octanol–water partition coefficient (Wildman–Crippen LogP) is 3.24. The number of unbranched alkanes of at least 4 members (excludes halogenated alkanes) is 1. The van der Waals surface area contributed by atoms with Gasteiger partial charge in [0.2, 0.25) is 5.95 Å². The first-order valence-corrected chi connectivity index (χ1v) is 10.2. The van der Waals surface area contributed by atoms with Crippen LogP contribution >= 0.6 is 0 Å². The molecule has 1 aliphatic rings. The number of nitrogens with zero attached hydrogens (tertiary/aromatic N) is 4. The molecule has 3 rings (SSSR count). The minimum Gasteiger partial charge on any atom is -0.393 e. The Balaban J connectivity index is 1.86. The van der Waals surface area contributed by atoms with Gasteiger partial charge in [0.05, 0.1) is 4.92 Å². The Hall–Kier alpha value is -2.94. The molecule has 0 radical (unpaired) electrons. The van der Waals surface area contributed by atoms with E-state index in [1.807, 2.05) is 0 Å². The molecular weight excluding hydrogens is 370 g/mol. The van der Waals surface area contributed by atoms with Crippen LogP contribution in [0.2, 0.25) is 0 Å². The number of nitrogens with two attached hydrogens (primary N) is 1. The fourth-order valence-corrected chi connectivity index (χ4v) is 3.52. The van der Waals surface area contributed by atoms with Crippen LogP contribution in [0, 0.1) is 10.1 Å². The van der Waals surface area contributed by atoms with Gasteiger partial charge in [-0.1, -0.05) is 20.3 Å². The Kier molecular flexibility index (Phi) is 6.82. The van der Waals surface area contributed by atoms with Gasteiger partial charge in [-0.25, -0.2) is 4.98 Å². The Labute approximate surface area is 170 Å². The van der Waals surface area contributed by atoms with Gasteiger partial charge in [0.25, 0.3) is 5.69 Å². The van der Waals surface area contributed by atoms with Crippen LogP contribution in [0.15, 0.2) is 24.3 Å². The molecule has 1 saturated heterocycles. The van der Waals surface area contributed by atoms with Gasteiger partial charge in [0.15, 0.2) is 0 Å². The quantitative estimate of drug-likeness (QED) is 0.334. The number of anilines is 4. The first-order chi connectivity index (χ1) is 14.0. The molecule has 1 aromatic heterocycles. The first kappa shape index (κ1) is 20.8. The molecule has 9 heteroatoms.